The normalized spacial score (nSPS) is 20.9. The molecule has 2 heterocycles. The topological polar surface area (TPSA) is 75.2 Å². The van der Waals surface area contributed by atoms with E-state index in [2.05, 4.69) is 17.2 Å². The maximum Gasteiger partial charge on any atom is 0.0875 e. The zero-order chi connectivity index (χ0) is 13.7. The van der Waals surface area contributed by atoms with E-state index in [0.717, 1.165) is 38.2 Å². The predicted molar refractivity (Wildman–Crippen MR) is 72.2 cm³/mol. The molecule has 0 bridgehead atoms. The van der Waals surface area contributed by atoms with Crippen LogP contribution in [0, 0.1) is 0 Å². The first-order valence-corrected chi connectivity index (χ1v) is 7.02. The van der Waals surface area contributed by atoms with Gasteiger partial charge in [0.15, 0.2) is 0 Å². The molecular formula is C13H24N4O2. The molecule has 1 aromatic rings. The van der Waals surface area contributed by atoms with Crippen LogP contribution < -0.4 is 5.73 Å². The van der Waals surface area contributed by atoms with Gasteiger partial charge in [-0.15, -0.1) is 5.10 Å². The lowest BCUT2D eigenvalue weighted by atomic mass is 10.0. The van der Waals surface area contributed by atoms with Crippen LogP contribution in [0.4, 0.5) is 0 Å². The second kappa shape index (κ2) is 6.98. The van der Waals surface area contributed by atoms with Gasteiger partial charge in [-0.1, -0.05) is 12.1 Å². The van der Waals surface area contributed by atoms with Crippen LogP contribution in [0.3, 0.4) is 0 Å². The molecule has 0 saturated carbocycles. The summed E-state index contributed by atoms with van der Waals surface area (Å²) in [5, 5.41) is 8.67. The zero-order valence-corrected chi connectivity index (χ0v) is 11.8. The van der Waals surface area contributed by atoms with Crippen molar-refractivity contribution in [2.45, 2.75) is 38.1 Å². The summed E-state index contributed by atoms with van der Waals surface area (Å²) in [5.41, 5.74) is 7.89. The van der Waals surface area contributed by atoms with Gasteiger partial charge >= 0.3 is 0 Å². The average molecular weight is 268 g/mol. The quantitative estimate of drug-likeness (QED) is 0.794. The molecule has 0 aromatic carbocycles. The molecule has 1 aliphatic rings. The molecule has 0 spiro atoms. The molecule has 0 aliphatic carbocycles. The van der Waals surface area contributed by atoms with E-state index in [9.17, 15) is 0 Å². The van der Waals surface area contributed by atoms with Gasteiger partial charge in [-0.2, -0.15) is 0 Å². The molecule has 108 valence electrons. The molecule has 0 amide bonds. The summed E-state index contributed by atoms with van der Waals surface area (Å²) in [4.78, 5) is 0. The number of nitrogens with zero attached hydrogens (tertiary/aromatic N) is 3. The first kappa shape index (κ1) is 14.4. The van der Waals surface area contributed by atoms with Crippen molar-refractivity contribution in [2.24, 2.45) is 5.73 Å². The SMILES string of the molecule is CCC(COC)n1nnc(CCN)c1C1CCOC1. The minimum absolute atomic E-state index is 0.236. The molecule has 0 radical (unpaired) electrons. The van der Waals surface area contributed by atoms with E-state index in [4.69, 9.17) is 15.2 Å². The number of hydrogen-bond acceptors (Lipinski definition) is 5. The Hall–Kier alpha value is -0.980. The lowest BCUT2D eigenvalue weighted by Gasteiger charge is -2.19. The Labute approximate surface area is 114 Å². The molecule has 6 heteroatoms. The molecule has 1 aliphatic heterocycles. The lowest BCUT2D eigenvalue weighted by Crippen LogP contribution is -2.20. The third-order valence-corrected chi connectivity index (χ3v) is 3.68. The molecule has 2 atom stereocenters. The van der Waals surface area contributed by atoms with Gasteiger partial charge in [0, 0.05) is 26.1 Å². The Kier molecular flexibility index (Phi) is 5.30. The zero-order valence-electron chi connectivity index (χ0n) is 11.8. The summed E-state index contributed by atoms with van der Waals surface area (Å²) in [5.74, 6) is 0.391. The van der Waals surface area contributed by atoms with Crippen molar-refractivity contribution in [3.8, 4) is 0 Å². The fourth-order valence-electron chi connectivity index (χ4n) is 2.64. The summed E-state index contributed by atoms with van der Waals surface area (Å²) in [7, 11) is 1.72. The van der Waals surface area contributed by atoms with E-state index < -0.39 is 0 Å². The van der Waals surface area contributed by atoms with Gasteiger partial charge < -0.3 is 15.2 Å². The van der Waals surface area contributed by atoms with Crippen molar-refractivity contribution < 1.29 is 9.47 Å². The highest BCUT2D eigenvalue weighted by molar-refractivity contribution is 5.18. The van der Waals surface area contributed by atoms with Crippen molar-refractivity contribution in [3.63, 3.8) is 0 Å². The van der Waals surface area contributed by atoms with Gasteiger partial charge in [-0.3, -0.25) is 0 Å². The Morgan fingerprint density at radius 2 is 2.42 bits per heavy atom. The Morgan fingerprint density at radius 1 is 1.58 bits per heavy atom. The van der Waals surface area contributed by atoms with Crippen molar-refractivity contribution in [1.82, 2.24) is 15.0 Å². The smallest absolute Gasteiger partial charge is 0.0875 e. The van der Waals surface area contributed by atoms with Crippen LogP contribution in [0.5, 0.6) is 0 Å². The summed E-state index contributed by atoms with van der Waals surface area (Å²) in [6.07, 6.45) is 2.78. The number of nitrogens with two attached hydrogens (primary N) is 1. The van der Waals surface area contributed by atoms with Crippen LogP contribution >= 0.6 is 0 Å². The highest BCUT2D eigenvalue weighted by atomic mass is 16.5. The van der Waals surface area contributed by atoms with E-state index in [1.807, 2.05) is 4.68 Å². The van der Waals surface area contributed by atoms with Gasteiger partial charge in [0.2, 0.25) is 0 Å². The monoisotopic (exact) mass is 268 g/mol. The minimum Gasteiger partial charge on any atom is -0.382 e. The number of rotatable bonds is 7. The highest BCUT2D eigenvalue weighted by Gasteiger charge is 2.28. The molecule has 1 saturated heterocycles. The second-order valence-corrected chi connectivity index (χ2v) is 4.98. The van der Waals surface area contributed by atoms with Crippen LogP contribution in [0.1, 0.15) is 43.1 Å². The van der Waals surface area contributed by atoms with Crippen molar-refractivity contribution >= 4 is 0 Å². The Morgan fingerprint density at radius 3 is 3.00 bits per heavy atom. The number of aromatic nitrogens is 3. The molecule has 2 N–H and O–H groups in total. The first-order chi connectivity index (χ1) is 9.31. The van der Waals surface area contributed by atoms with Gasteiger partial charge in [0.1, 0.15) is 0 Å². The third-order valence-electron chi connectivity index (χ3n) is 3.68. The van der Waals surface area contributed by atoms with Gasteiger partial charge in [0.05, 0.1) is 30.6 Å². The maximum atomic E-state index is 5.67. The van der Waals surface area contributed by atoms with Gasteiger partial charge in [-0.05, 0) is 19.4 Å². The van der Waals surface area contributed by atoms with E-state index in [0.29, 0.717) is 19.1 Å². The van der Waals surface area contributed by atoms with Crippen LogP contribution in [0.25, 0.3) is 0 Å². The maximum absolute atomic E-state index is 5.67. The Balaban J connectivity index is 2.30. The molecule has 1 fully saturated rings. The molecule has 6 nitrogen and oxygen atoms in total. The van der Waals surface area contributed by atoms with Crippen LogP contribution in [-0.4, -0.2) is 48.5 Å². The third kappa shape index (κ3) is 3.13. The first-order valence-electron chi connectivity index (χ1n) is 7.02. The highest BCUT2D eigenvalue weighted by Crippen LogP contribution is 2.29. The molecule has 19 heavy (non-hydrogen) atoms. The fourth-order valence-corrected chi connectivity index (χ4v) is 2.64. The largest absolute Gasteiger partial charge is 0.382 e. The van der Waals surface area contributed by atoms with Crippen LogP contribution in [0.2, 0.25) is 0 Å². The summed E-state index contributed by atoms with van der Waals surface area (Å²) >= 11 is 0. The van der Waals surface area contributed by atoms with Crippen molar-refractivity contribution in [3.05, 3.63) is 11.4 Å². The predicted octanol–water partition coefficient (Wildman–Crippen LogP) is 0.881. The van der Waals surface area contributed by atoms with Crippen molar-refractivity contribution in [1.29, 1.82) is 0 Å². The number of ether oxygens (including phenoxy) is 2. The number of methoxy groups -OCH3 is 1. The van der Waals surface area contributed by atoms with Crippen LogP contribution in [0.15, 0.2) is 0 Å². The Bertz CT molecular complexity index is 388. The lowest BCUT2D eigenvalue weighted by molar-refractivity contribution is 0.143. The van der Waals surface area contributed by atoms with Crippen molar-refractivity contribution in [2.75, 3.05) is 33.5 Å². The van der Waals surface area contributed by atoms with Crippen LogP contribution in [-0.2, 0) is 15.9 Å². The van der Waals surface area contributed by atoms with E-state index in [-0.39, 0.29) is 6.04 Å². The van der Waals surface area contributed by atoms with E-state index in [1.54, 1.807) is 7.11 Å². The summed E-state index contributed by atoms with van der Waals surface area (Å²) in [6, 6.07) is 0.236. The molecule has 1 aromatic heterocycles. The van der Waals surface area contributed by atoms with E-state index in [1.165, 1.54) is 5.69 Å². The van der Waals surface area contributed by atoms with Gasteiger partial charge in [0.25, 0.3) is 0 Å². The molecule has 2 rings (SSSR count). The minimum atomic E-state index is 0.236. The standard InChI is InChI=1S/C13H24N4O2/c1-3-11(9-18-2)17-13(10-5-7-19-8-10)12(4-6-14)15-16-17/h10-11H,3-9,14H2,1-2H3. The fraction of sp³-hybridized carbons (Fsp3) is 0.846. The van der Waals surface area contributed by atoms with E-state index >= 15 is 0 Å². The summed E-state index contributed by atoms with van der Waals surface area (Å²) in [6.45, 7) is 4.97. The second-order valence-electron chi connectivity index (χ2n) is 4.98. The average Bonchev–Trinajstić information content (AvgIpc) is 3.05. The summed E-state index contributed by atoms with van der Waals surface area (Å²) < 4.78 is 12.8. The molecule has 2 unspecified atom stereocenters. The van der Waals surface area contributed by atoms with Gasteiger partial charge in [-0.25, -0.2) is 4.68 Å². The number of hydrogen-bond donors (Lipinski definition) is 1. The molecular weight excluding hydrogens is 244 g/mol.